The van der Waals surface area contributed by atoms with Gasteiger partial charge in [-0.15, -0.1) is 0 Å². The molecule has 118 valence electrons. The number of nitrogens with zero attached hydrogens (tertiary/aromatic N) is 1. The highest BCUT2D eigenvalue weighted by molar-refractivity contribution is 5.93. The molecule has 1 amide bonds. The van der Waals surface area contributed by atoms with Crippen LogP contribution in [0.1, 0.15) is 35.4 Å². The van der Waals surface area contributed by atoms with Gasteiger partial charge in [0.2, 0.25) is 6.79 Å². The number of piperidine rings is 1. The summed E-state index contributed by atoms with van der Waals surface area (Å²) in [5.41, 5.74) is 2.01. The summed E-state index contributed by atoms with van der Waals surface area (Å²) in [4.78, 5) is 14.4. The van der Waals surface area contributed by atoms with Gasteiger partial charge >= 0.3 is 0 Å². The van der Waals surface area contributed by atoms with Crippen LogP contribution in [0.15, 0.2) is 46.7 Å². The number of carbonyl (C=O) groups excluding carboxylic acids is 1. The summed E-state index contributed by atoms with van der Waals surface area (Å²) < 4.78 is 16.0. The lowest BCUT2D eigenvalue weighted by molar-refractivity contribution is 0.0753. The molecule has 2 aliphatic rings. The average molecular weight is 311 g/mol. The van der Waals surface area contributed by atoms with Crippen LogP contribution in [0.3, 0.4) is 0 Å². The first-order chi connectivity index (χ1) is 11.3. The third-order valence-corrected chi connectivity index (χ3v) is 4.12. The van der Waals surface area contributed by atoms with Gasteiger partial charge < -0.3 is 18.8 Å². The van der Waals surface area contributed by atoms with Gasteiger partial charge in [-0.05, 0) is 55.2 Å². The predicted molar refractivity (Wildman–Crippen MR) is 84.1 cm³/mol. The molecule has 5 heteroatoms. The normalized spacial score (nSPS) is 18.4. The Bertz CT molecular complexity index is 748. The number of likely N-dealkylation sites (tertiary alicyclic amines) is 1. The van der Waals surface area contributed by atoms with Gasteiger partial charge in [0, 0.05) is 12.2 Å². The molecule has 0 bridgehead atoms. The van der Waals surface area contributed by atoms with Crippen molar-refractivity contribution in [2.45, 2.75) is 19.3 Å². The molecule has 0 atom stereocenters. The number of rotatable bonds is 2. The molecule has 1 saturated heterocycles. The topological polar surface area (TPSA) is 51.9 Å². The SMILES string of the molecule is O=C(c1ccco1)N1CCCC/C1=C\c1ccc2c(c1)OCO2. The van der Waals surface area contributed by atoms with Gasteiger partial charge in [0.1, 0.15) is 0 Å². The quantitative estimate of drug-likeness (QED) is 0.849. The maximum absolute atomic E-state index is 12.6. The lowest BCUT2D eigenvalue weighted by Gasteiger charge is -2.29. The van der Waals surface area contributed by atoms with E-state index < -0.39 is 0 Å². The Balaban J connectivity index is 1.63. The highest BCUT2D eigenvalue weighted by Gasteiger charge is 2.24. The van der Waals surface area contributed by atoms with Crippen molar-refractivity contribution >= 4 is 12.0 Å². The number of benzene rings is 1. The van der Waals surface area contributed by atoms with Gasteiger partial charge in [0.05, 0.1) is 6.26 Å². The fraction of sp³-hybridized carbons (Fsp3) is 0.278. The second kappa shape index (κ2) is 5.83. The highest BCUT2D eigenvalue weighted by atomic mass is 16.7. The molecule has 2 aromatic rings. The van der Waals surface area contributed by atoms with E-state index in [4.69, 9.17) is 13.9 Å². The largest absolute Gasteiger partial charge is 0.459 e. The van der Waals surface area contributed by atoms with Gasteiger partial charge in [-0.1, -0.05) is 6.07 Å². The Morgan fingerprint density at radius 1 is 1.13 bits per heavy atom. The molecule has 2 aliphatic heterocycles. The molecule has 5 nitrogen and oxygen atoms in total. The van der Waals surface area contributed by atoms with E-state index in [-0.39, 0.29) is 12.7 Å². The minimum atomic E-state index is -0.0818. The number of furan rings is 1. The fourth-order valence-corrected chi connectivity index (χ4v) is 2.97. The van der Waals surface area contributed by atoms with Crippen LogP contribution in [0.25, 0.3) is 6.08 Å². The number of amides is 1. The van der Waals surface area contributed by atoms with Crippen LogP contribution in [-0.4, -0.2) is 24.1 Å². The standard InChI is InChI=1S/C18H17NO4/c20-18(16-5-3-9-21-16)19-8-2-1-4-14(19)10-13-6-7-15-17(11-13)23-12-22-15/h3,5-7,9-11H,1-2,4,8,12H2/b14-10+. The van der Waals surface area contributed by atoms with Crippen molar-refractivity contribution in [1.82, 2.24) is 4.90 Å². The highest BCUT2D eigenvalue weighted by Crippen LogP contribution is 2.34. The number of carbonyl (C=O) groups is 1. The molecule has 4 rings (SSSR count). The molecule has 0 aliphatic carbocycles. The Morgan fingerprint density at radius 2 is 2.04 bits per heavy atom. The van der Waals surface area contributed by atoms with Crippen molar-refractivity contribution < 1.29 is 18.7 Å². The Hall–Kier alpha value is -2.69. The average Bonchev–Trinajstić information content (AvgIpc) is 3.26. The van der Waals surface area contributed by atoms with Gasteiger partial charge in [-0.3, -0.25) is 4.79 Å². The maximum Gasteiger partial charge on any atom is 0.293 e. The zero-order valence-electron chi connectivity index (χ0n) is 12.7. The van der Waals surface area contributed by atoms with E-state index in [9.17, 15) is 4.79 Å². The fourth-order valence-electron chi connectivity index (χ4n) is 2.97. The van der Waals surface area contributed by atoms with Crippen LogP contribution >= 0.6 is 0 Å². The van der Waals surface area contributed by atoms with E-state index in [2.05, 4.69) is 0 Å². The minimum absolute atomic E-state index is 0.0818. The monoisotopic (exact) mass is 311 g/mol. The molecule has 0 unspecified atom stereocenters. The zero-order valence-corrected chi connectivity index (χ0v) is 12.7. The zero-order chi connectivity index (χ0) is 15.6. The summed E-state index contributed by atoms with van der Waals surface area (Å²) in [6.45, 7) is 0.981. The summed E-state index contributed by atoms with van der Waals surface area (Å²) in [6, 6.07) is 9.26. The minimum Gasteiger partial charge on any atom is -0.459 e. The van der Waals surface area contributed by atoms with Crippen molar-refractivity contribution in [2.24, 2.45) is 0 Å². The first-order valence-corrected chi connectivity index (χ1v) is 7.77. The molecule has 0 radical (unpaired) electrons. The van der Waals surface area contributed by atoms with Crippen molar-refractivity contribution in [2.75, 3.05) is 13.3 Å². The number of allylic oxidation sites excluding steroid dienone is 1. The lowest BCUT2D eigenvalue weighted by atomic mass is 10.0. The number of fused-ring (bicyclic) bond motifs is 1. The summed E-state index contributed by atoms with van der Waals surface area (Å²) in [5.74, 6) is 1.81. The summed E-state index contributed by atoms with van der Waals surface area (Å²) >= 11 is 0. The van der Waals surface area contributed by atoms with E-state index in [1.807, 2.05) is 29.2 Å². The Labute approximate surface area is 134 Å². The second-order valence-corrected chi connectivity index (χ2v) is 5.64. The molecule has 0 saturated carbocycles. The Morgan fingerprint density at radius 3 is 2.91 bits per heavy atom. The van der Waals surface area contributed by atoms with Crippen LogP contribution in [0.5, 0.6) is 11.5 Å². The predicted octanol–water partition coefficient (Wildman–Crippen LogP) is 3.68. The molecule has 0 spiro atoms. The van der Waals surface area contributed by atoms with E-state index in [1.54, 1.807) is 12.1 Å². The van der Waals surface area contributed by atoms with Crippen molar-refractivity contribution in [3.63, 3.8) is 0 Å². The van der Waals surface area contributed by atoms with E-state index in [1.165, 1.54) is 6.26 Å². The van der Waals surface area contributed by atoms with Crippen LogP contribution in [-0.2, 0) is 0 Å². The summed E-state index contributed by atoms with van der Waals surface area (Å²) in [5, 5.41) is 0. The third kappa shape index (κ3) is 2.70. The van der Waals surface area contributed by atoms with Crippen molar-refractivity contribution in [3.8, 4) is 11.5 Å². The smallest absolute Gasteiger partial charge is 0.293 e. The van der Waals surface area contributed by atoms with E-state index >= 15 is 0 Å². The molecule has 1 fully saturated rings. The third-order valence-electron chi connectivity index (χ3n) is 4.12. The summed E-state index contributed by atoms with van der Waals surface area (Å²) in [7, 11) is 0. The van der Waals surface area contributed by atoms with Crippen molar-refractivity contribution in [3.05, 3.63) is 53.6 Å². The van der Waals surface area contributed by atoms with Crippen molar-refractivity contribution in [1.29, 1.82) is 0 Å². The van der Waals surface area contributed by atoms with E-state index in [0.29, 0.717) is 5.76 Å². The molecular weight excluding hydrogens is 294 g/mol. The van der Waals surface area contributed by atoms with Crippen LogP contribution < -0.4 is 9.47 Å². The molecule has 23 heavy (non-hydrogen) atoms. The van der Waals surface area contributed by atoms with Crippen LogP contribution in [0, 0.1) is 0 Å². The van der Waals surface area contributed by atoms with E-state index in [0.717, 1.165) is 48.6 Å². The molecule has 1 aromatic carbocycles. The second-order valence-electron chi connectivity index (χ2n) is 5.64. The molecule has 0 N–H and O–H groups in total. The lowest BCUT2D eigenvalue weighted by Crippen LogP contribution is -2.33. The van der Waals surface area contributed by atoms with Gasteiger partial charge in [-0.2, -0.15) is 0 Å². The number of hydrogen-bond donors (Lipinski definition) is 0. The van der Waals surface area contributed by atoms with Gasteiger partial charge in [-0.25, -0.2) is 0 Å². The molecule has 3 heterocycles. The summed E-state index contributed by atoms with van der Waals surface area (Å²) in [6.07, 6.45) is 6.53. The van der Waals surface area contributed by atoms with Gasteiger partial charge in [0.15, 0.2) is 17.3 Å². The number of hydrogen-bond acceptors (Lipinski definition) is 4. The van der Waals surface area contributed by atoms with Gasteiger partial charge in [0.25, 0.3) is 5.91 Å². The molecule has 1 aromatic heterocycles. The first kappa shape index (κ1) is 13.9. The van der Waals surface area contributed by atoms with Crippen LogP contribution in [0.4, 0.5) is 0 Å². The maximum atomic E-state index is 12.6. The Kier molecular flexibility index (Phi) is 3.54. The first-order valence-electron chi connectivity index (χ1n) is 7.77. The number of ether oxygens (including phenoxy) is 2. The molecular formula is C18H17NO4. The van der Waals surface area contributed by atoms with Crippen LogP contribution in [0.2, 0.25) is 0 Å².